The Morgan fingerprint density at radius 1 is 1.00 bits per heavy atom. The molecule has 17 heavy (non-hydrogen) atoms. The molecule has 0 bridgehead atoms. The third-order valence-corrected chi connectivity index (χ3v) is 2.93. The predicted octanol–water partition coefficient (Wildman–Crippen LogP) is 3.00. The first kappa shape index (κ1) is 12.4. The van der Waals surface area contributed by atoms with Gasteiger partial charge >= 0.3 is 0 Å². The van der Waals surface area contributed by atoms with Crippen molar-refractivity contribution in [1.29, 1.82) is 0 Å². The van der Waals surface area contributed by atoms with Crippen LogP contribution in [0.15, 0.2) is 18.2 Å². The summed E-state index contributed by atoms with van der Waals surface area (Å²) in [6, 6.07) is 5.30. The highest BCUT2D eigenvalue weighted by Crippen LogP contribution is 2.23. The number of nitrogens with zero attached hydrogens (tertiary/aromatic N) is 3. The number of nitrogen functional groups attached to an aromatic ring is 1. The lowest BCUT2D eigenvalue weighted by atomic mass is 10.1. The zero-order valence-electron chi connectivity index (χ0n) is 8.49. The van der Waals surface area contributed by atoms with E-state index in [1.165, 1.54) is 0 Å². The fraction of sp³-hybridized carbons (Fsp3) is 0.100. The van der Waals surface area contributed by atoms with Gasteiger partial charge in [-0.05, 0) is 29.3 Å². The minimum Gasteiger partial charge on any atom is -0.368 e. The third kappa shape index (κ3) is 3.19. The van der Waals surface area contributed by atoms with Crippen LogP contribution < -0.4 is 5.73 Å². The van der Waals surface area contributed by atoms with Crippen molar-refractivity contribution in [2.45, 2.75) is 6.42 Å². The van der Waals surface area contributed by atoms with Gasteiger partial charge in [-0.15, -0.1) is 0 Å². The van der Waals surface area contributed by atoms with Crippen LogP contribution in [0.4, 0.5) is 5.95 Å². The molecular weight excluding hydrogens is 282 g/mol. The molecule has 0 atom stereocenters. The van der Waals surface area contributed by atoms with Gasteiger partial charge in [0.25, 0.3) is 0 Å². The maximum absolute atomic E-state index is 5.91. The summed E-state index contributed by atoms with van der Waals surface area (Å²) in [4.78, 5) is 11.6. The lowest BCUT2D eigenvalue weighted by Gasteiger charge is -2.03. The average molecular weight is 290 g/mol. The van der Waals surface area contributed by atoms with Gasteiger partial charge in [-0.3, -0.25) is 0 Å². The van der Waals surface area contributed by atoms with E-state index < -0.39 is 0 Å². The van der Waals surface area contributed by atoms with Gasteiger partial charge in [-0.1, -0.05) is 29.3 Å². The van der Waals surface area contributed by atoms with Crippen molar-refractivity contribution >= 4 is 40.8 Å². The number of hydrogen-bond acceptors (Lipinski definition) is 4. The van der Waals surface area contributed by atoms with Gasteiger partial charge < -0.3 is 5.73 Å². The number of nitrogens with two attached hydrogens (primary N) is 1. The molecule has 88 valence electrons. The molecule has 4 nitrogen and oxygen atoms in total. The molecule has 0 unspecified atom stereocenters. The summed E-state index contributed by atoms with van der Waals surface area (Å²) >= 11 is 17.4. The lowest BCUT2D eigenvalue weighted by Crippen LogP contribution is -2.03. The van der Waals surface area contributed by atoms with Crippen molar-refractivity contribution in [3.05, 3.63) is 44.9 Å². The molecule has 0 saturated carbocycles. The van der Waals surface area contributed by atoms with Crippen molar-refractivity contribution in [2.75, 3.05) is 5.73 Å². The molecule has 0 aliphatic carbocycles. The molecule has 1 aromatic carbocycles. The molecule has 2 rings (SSSR count). The van der Waals surface area contributed by atoms with E-state index in [-0.39, 0.29) is 11.2 Å². The first-order valence-electron chi connectivity index (χ1n) is 4.64. The maximum Gasteiger partial charge on any atom is 0.227 e. The van der Waals surface area contributed by atoms with Gasteiger partial charge in [-0.25, -0.2) is 4.98 Å². The van der Waals surface area contributed by atoms with E-state index in [9.17, 15) is 0 Å². The van der Waals surface area contributed by atoms with Gasteiger partial charge in [0, 0.05) is 6.42 Å². The van der Waals surface area contributed by atoms with Gasteiger partial charge in [0.2, 0.25) is 11.2 Å². The average Bonchev–Trinajstić information content (AvgIpc) is 2.22. The molecule has 2 N–H and O–H groups in total. The number of benzene rings is 1. The summed E-state index contributed by atoms with van der Waals surface area (Å²) < 4.78 is 0. The van der Waals surface area contributed by atoms with Crippen LogP contribution in [0.3, 0.4) is 0 Å². The summed E-state index contributed by atoms with van der Waals surface area (Å²) in [6.45, 7) is 0. The van der Waals surface area contributed by atoms with E-state index in [0.29, 0.717) is 22.3 Å². The first-order chi connectivity index (χ1) is 8.04. The van der Waals surface area contributed by atoms with Crippen molar-refractivity contribution < 1.29 is 0 Å². The second kappa shape index (κ2) is 5.04. The van der Waals surface area contributed by atoms with E-state index in [1.54, 1.807) is 12.1 Å². The standard InChI is InChI=1S/C10H7Cl3N4/c11-6-2-1-5(3-7(6)12)4-8-15-9(13)17-10(14)16-8/h1-3H,4H2,(H2,14,15,16,17). The summed E-state index contributed by atoms with van der Waals surface area (Å²) in [5, 5.41) is 1.06. The molecule has 0 amide bonds. The monoisotopic (exact) mass is 288 g/mol. The number of anilines is 1. The van der Waals surface area contributed by atoms with E-state index >= 15 is 0 Å². The molecule has 7 heteroatoms. The van der Waals surface area contributed by atoms with Gasteiger partial charge in [0.1, 0.15) is 5.82 Å². The molecule has 0 radical (unpaired) electrons. The Kier molecular flexibility index (Phi) is 3.66. The molecule has 0 aliphatic rings. The highest BCUT2D eigenvalue weighted by molar-refractivity contribution is 6.42. The smallest absolute Gasteiger partial charge is 0.227 e. The van der Waals surface area contributed by atoms with Crippen LogP contribution in [0, 0.1) is 0 Å². The molecule has 0 spiro atoms. The van der Waals surface area contributed by atoms with Gasteiger partial charge in [0.05, 0.1) is 10.0 Å². The maximum atomic E-state index is 5.91. The minimum absolute atomic E-state index is 0.0764. The van der Waals surface area contributed by atoms with Crippen LogP contribution in [0.5, 0.6) is 0 Å². The number of halogens is 3. The van der Waals surface area contributed by atoms with Gasteiger partial charge in [0.15, 0.2) is 0 Å². The largest absolute Gasteiger partial charge is 0.368 e. The summed E-state index contributed by atoms with van der Waals surface area (Å²) in [6.07, 6.45) is 0.462. The van der Waals surface area contributed by atoms with E-state index in [4.69, 9.17) is 40.5 Å². The highest BCUT2D eigenvalue weighted by atomic mass is 35.5. The molecule has 0 fully saturated rings. The molecule has 2 aromatic rings. The zero-order valence-corrected chi connectivity index (χ0v) is 10.8. The Morgan fingerprint density at radius 2 is 1.76 bits per heavy atom. The van der Waals surface area contributed by atoms with Crippen LogP contribution in [0.25, 0.3) is 0 Å². The van der Waals surface area contributed by atoms with Crippen molar-refractivity contribution in [2.24, 2.45) is 0 Å². The quantitative estimate of drug-likeness (QED) is 0.923. The third-order valence-electron chi connectivity index (χ3n) is 2.02. The first-order valence-corrected chi connectivity index (χ1v) is 5.78. The summed E-state index contributed by atoms with van der Waals surface area (Å²) in [5.74, 6) is 0.584. The molecule has 0 saturated heterocycles. The minimum atomic E-state index is 0.0764. The zero-order chi connectivity index (χ0) is 12.4. The Labute approximate surface area is 113 Å². The van der Waals surface area contributed by atoms with E-state index in [1.807, 2.05) is 6.07 Å². The van der Waals surface area contributed by atoms with Crippen LogP contribution in [-0.4, -0.2) is 15.0 Å². The summed E-state index contributed by atoms with van der Waals surface area (Å²) in [7, 11) is 0. The van der Waals surface area contributed by atoms with Crippen molar-refractivity contribution in [3.63, 3.8) is 0 Å². The van der Waals surface area contributed by atoms with Crippen LogP contribution in [0.2, 0.25) is 15.3 Å². The lowest BCUT2D eigenvalue weighted by molar-refractivity contribution is 0.929. The Balaban J connectivity index is 2.28. The summed E-state index contributed by atoms with van der Waals surface area (Å²) in [5.41, 5.74) is 6.39. The molecular formula is C10H7Cl3N4. The molecule has 0 aliphatic heterocycles. The SMILES string of the molecule is Nc1nc(Cl)nc(Cc2ccc(Cl)c(Cl)c2)n1. The van der Waals surface area contributed by atoms with Crippen molar-refractivity contribution in [1.82, 2.24) is 15.0 Å². The molecule has 1 heterocycles. The molecule has 1 aromatic heterocycles. The number of hydrogen-bond donors (Lipinski definition) is 1. The normalized spacial score (nSPS) is 10.5. The van der Waals surface area contributed by atoms with Crippen LogP contribution in [-0.2, 0) is 6.42 Å². The Morgan fingerprint density at radius 3 is 2.41 bits per heavy atom. The predicted molar refractivity (Wildman–Crippen MR) is 68.5 cm³/mol. The van der Waals surface area contributed by atoms with Crippen molar-refractivity contribution in [3.8, 4) is 0 Å². The van der Waals surface area contributed by atoms with E-state index in [0.717, 1.165) is 5.56 Å². The highest BCUT2D eigenvalue weighted by Gasteiger charge is 2.05. The second-order valence-electron chi connectivity index (χ2n) is 3.30. The number of aromatic nitrogens is 3. The topological polar surface area (TPSA) is 64.7 Å². The number of rotatable bonds is 2. The Hall–Kier alpha value is -1.10. The second-order valence-corrected chi connectivity index (χ2v) is 4.46. The van der Waals surface area contributed by atoms with Crippen LogP contribution >= 0.6 is 34.8 Å². The van der Waals surface area contributed by atoms with Gasteiger partial charge in [-0.2, -0.15) is 9.97 Å². The fourth-order valence-corrected chi connectivity index (χ4v) is 1.82. The van der Waals surface area contributed by atoms with Crippen LogP contribution in [0.1, 0.15) is 11.4 Å². The van der Waals surface area contributed by atoms with E-state index in [2.05, 4.69) is 15.0 Å². The Bertz CT molecular complexity index is 539. The fourth-order valence-electron chi connectivity index (χ4n) is 1.32.